The molecular formula is C15H30O3. The Kier molecular flexibility index (Phi) is 12.5. The van der Waals surface area contributed by atoms with Gasteiger partial charge in [0.15, 0.2) is 0 Å². The van der Waals surface area contributed by atoms with Crippen molar-refractivity contribution in [1.82, 2.24) is 0 Å². The summed E-state index contributed by atoms with van der Waals surface area (Å²) in [5, 5.41) is 17.7. The zero-order valence-electron chi connectivity index (χ0n) is 11.9. The van der Waals surface area contributed by atoms with E-state index in [1.165, 1.54) is 19.3 Å². The summed E-state index contributed by atoms with van der Waals surface area (Å²) in [5.41, 5.74) is 0. The highest BCUT2D eigenvalue weighted by atomic mass is 16.4. The van der Waals surface area contributed by atoms with Crippen LogP contribution in [0.2, 0.25) is 0 Å². The van der Waals surface area contributed by atoms with Gasteiger partial charge in [0.05, 0.1) is 5.92 Å². The largest absolute Gasteiger partial charge is 0.481 e. The first-order valence-corrected chi connectivity index (χ1v) is 7.56. The molecule has 0 bridgehead atoms. The molecule has 0 aliphatic rings. The summed E-state index contributed by atoms with van der Waals surface area (Å²) in [7, 11) is 0. The molecule has 0 radical (unpaired) electrons. The van der Waals surface area contributed by atoms with Gasteiger partial charge in [-0.1, -0.05) is 58.3 Å². The number of aliphatic hydroxyl groups excluding tert-OH is 1. The molecular weight excluding hydrogens is 228 g/mol. The molecule has 0 aromatic heterocycles. The molecule has 0 amide bonds. The number of hydrogen-bond donors (Lipinski definition) is 2. The molecule has 0 fully saturated rings. The van der Waals surface area contributed by atoms with Crippen LogP contribution in [0, 0.1) is 5.92 Å². The molecule has 0 aliphatic carbocycles. The first-order valence-electron chi connectivity index (χ1n) is 7.56. The summed E-state index contributed by atoms with van der Waals surface area (Å²) in [6.45, 7) is 2.41. The van der Waals surface area contributed by atoms with Crippen molar-refractivity contribution in [3.05, 3.63) is 0 Å². The van der Waals surface area contributed by atoms with E-state index in [2.05, 4.69) is 6.92 Å². The molecule has 3 heteroatoms. The Bertz CT molecular complexity index is 192. The second-order valence-electron chi connectivity index (χ2n) is 5.16. The van der Waals surface area contributed by atoms with Gasteiger partial charge in [0.25, 0.3) is 0 Å². The van der Waals surface area contributed by atoms with Crippen LogP contribution in [-0.4, -0.2) is 22.8 Å². The molecule has 18 heavy (non-hydrogen) atoms. The van der Waals surface area contributed by atoms with Crippen LogP contribution in [0.4, 0.5) is 0 Å². The van der Waals surface area contributed by atoms with E-state index >= 15 is 0 Å². The van der Waals surface area contributed by atoms with Gasteiger partial charge in [0, 0.05) is 6.61 Å². The van der Waals surface area contributed by atoms with Gasteiger partial charge < -0.3 is 10.2 Å². The van der Waals surface area contributed by atoms with Crippen molar-refractivity contribution in [3.63, 3.8) is 0 Å². The second kappa shape index (κ2) is 12.9. The van der Waals surface area contributed by atoms with Crippen molar-refractivity contribution < 1.29 is 15.0 Å². The van der Waals surface area contributed by atoms with E-state index in [1.54, 1.807) is 0 Å². The quantitative estimate of drug-likeness (QED) is 0.491. The van der Waals surface area contributed by atoms with Gasteiger partial charge in [-0.25, -0.2) is 0 Å². The van der Waals surface area contributed by atoms with Gasteiger partial charge in [-0.05, 0) is 19.3 Å². The molecule has 0 aliphatic heterocycles. The topological polar surface area (TPSA) is 57.5 Å². The maximum atomic E-state index is 11.0. The normalized spacial score (nSPS) is 12.6. The van der Waals surface area contributed by atoms with Crippen LogP contribution in [0.1, 0.15) is 77.6 Å². The van der Waals surface area contributed by atoms with Crippen molar-refractivity contribution >= 4 is 5.97 Å². The van der Waals surface area contributed by atoms with Crippen LogP contribution >= 0.6 is 0 Å². The van der Waals surface area contributed by atoms with Gasteiger partial charge in [0.1, 0.15) is 0 Å². The Balaban J connectivity index is 3.40. The Morgan fingerprint density at radius 1 is 0.889 bits per heavy atom. The number of carbonyl (C=O) groups is 1. The van der Waals surface area contributed by atoms with Crippen LogP contribution in [0.3, 0.4) is 0 Å². The SMILES string of the molecule is CCCCC(CCCCCCCCCO)C(=O)O. The number of carboxylic acid groups (broad SMARTS) is 1. The lowest BCUT2D eigenvalue weighted by atomic mass is 9.95. The smallest absolute Gasteiger partial charge is 0.306 e. The number of rotatable bonds is 13. The number of unbranched alkanes of at least 4 members (excludes halogenated alkanes) is 7. The Morgan fingerprint density at radius 3 is 1.89 bits per heavy atom. The molecule has 1 atom stereocenters. The Hall–Kier alpha value is -0.570. The Morgan fingerprint density at radius 2 is 1.39 bits per heavy atom. The summed E-state index contributed by atoms with van der Waals surface area (Å²) in [4.78, 5) is 11.0. The predicted molar refractivity (Wildman–Crippen MR) is 74.7 cm³/mol. The molecule has 108 valence electrons. The Labute approximate surface area is 112 Å². The zero-order chi connectivity index (χ0) is 13.6. The van der Waals surface area contributed by atoms with Crippen LogP contribution in [0.5, 0.6) is 0 Å². The van der Waals surface area contributed by atoms with Crippen LogP contribution in [-0.2, 0) is 4.79 Å². The molecule has 0 aromatic rings. The van der Waals surface area contributed by atoms with Gasteiger partial charge >= 0.3 is 5.97 Å². The monoisotopic (exact) mass is 258 g/mol. The van der Waals surface area contributed by atoms with E-state index in [1.807, 2.05) is 0 Å². The summed E-state index contributed by atoms with van der Waals surface area (Å²) in [6, 6.07) is 0. The molecule has 0 aromatic carbocycles. The van der Waals surface area contributed by atoms with E-state index in [9.17, 15) is 4.79 Å². The molecule has 0 saturated heterocycles. The fourth-order valence-corrected chi connectivity index (χ4v) is 2.23. The van der Waals surface area contributed by atoms with Crippen molar-refractivity contribution in [2.75, 3.05) is 6.61 Å². The van der Waals surface area contributed by atoms with Gasteiger partial charge in [-0.15, -0.1) is 0 Å². The highest BCUT2D eigenvalue weighted by Crippen LogP contribution is 2.18. The first kappa shape index (κ1) is 17.4. The third-order valence-electron chi connectivity index (χ3n) is 3.47. The zero-order valence-corrected chi connectivity index (χ0v) is 11.9. The maximum absolute atomic E-state index is 11.0. The average Bonchev–Trinajstić information content (AvgIpc) is 2.35. The van der Waals surface area contributed by atoms with Crippen molar-refractivity contribution in [1.29, 1.82) is 0 Å². The van der Waals surface area contributed by atoms with Crippen LogP contribution in [0.25, 0.3) is 0 Å². The number of hydrogen-bond acceptors (Lipinski definition) is 2. The van der Waals surface area contributed by atoms with Gasteiger partial charge in [0.2, 0.25) is 0 Å². The molecule has 0 rings (SSSR count). The number of aliphatic hydroxyl groups is 1. The minimum atomic E-state index is -0.619. The minimum absolute atomic E-state index is 0.126. The maximum Gasteiger partial charge on any atom is 0.306 e. The highest BCUT2D eigenvalue weighted by molar-refractivity contribution is 5.69. The van der Waals surface area contributed by atoms with Crippen LogP contribution in [0.15, 0.2) is 0 Å². The molecule has 3 nitrogen and oxygen atoms in total. The summed E-state index contributed by atoms with van der Waals surface area (Å²) in [6.07, 6.45) is 11.6. The fraction of sp³-hybridized carbons (Fsp3) is 0.933. The third kappa shape index (κ3) is 10.6. The van der Waals surface area contributed by atoms with Crippen molar-refractivity contribution in [2.24, 2.45) is 5.92 Å². The predicted octanol–water partition coefficient (Wildman–Crippen LogP) is 3.99. The number of aliphatic carboxylic acids is 1. The molecule has 1 unspecified atom stereocenters. The van der Waals surface area contributed by atoms with E-state index in [0.717, 1.165) is 51.4 Å². The van der Waals surface area contributed by atoms with Gasteiger partial charge in [-0.2, -0.15) is 0 Å². The van der Waals surface area contributed by atoms with Crippen LogP contribution < -0.4 is 0 Å². The second-order valence-corrected chi connectivity index (χ2v) is 5.16. The lowest BCUT2D eigenvalue weighted by Crippen LogP contribution is -2.13. The molecule has 2 N–H and O–H groups in total. The third-order valence-corrected chi connectivity index (χ3v) is 3.47. The summed E-state index contributed by atoms with van der Waals surface area (Å²) >= 11 is 0. The summed E-state index contributed by atoms with van der Waals surface area (Å²) < 4.78 is 0. The minimum Gasteiger partial charge on any atom is -0.481 e. The van der Waals surface area contributed by atoms with E-state index in [4.69, 9.17) is 10.2 Å². The fourth-order valence-electron chi connectivity index (χ4n) is 2.23. The average molecular weight is 258 g/mol. The first-order chi connectivity index (χ1) is 8.72. The highest BCUT2D eigenvalue weighted by Gasteiger charge is 2.15. The van der Waals surface area contributed by atoms with Crippen molar-refractivity contribution in [2.45, 2.75) is 77.6 Å². The van der Waals surface area contributed by atoms with Gasteiger partial charge in [-0.3, -0.25) is 4.79 Å². The molecule has 0 spiro atoms. The lowest BCUT2D eigenvalue weighted by Gasteiger charge is -2.11. The van der Waals surface area contributed by atoms with Crippen molar-refractivity contribution in [3.8, 4) is 0 Å². The standard InChI is InChI=1S/C15H30O3/c1-2-3-11-14(15(17)18)12-9-7-5-4-6-8-10-13-16/h14,16H,2-13H2,1H3,(H,17,18). The molecule has 0 saturated carbocycles. The number of carboxylic acids is 1. The lowest BCUT2D eigenvalue weighted by molar-refractivity contribution is -0.142. The van der Waals surface area contributed by atoms with E-state index < -0.39 is 5.97 Å². The van der Waals surface area contributed by atoms with E-state index in [-0.39, 0.29) is 5.92 Å². The summed E-state index contributed by atoms with van der Waals surface area (Å²) in [5.74, 6) is -0.745. The molecule has 0 heterocycles. The van der Waals surface area contributed by atoms with E-state index in [0.29, 0.717) is 6.61 Å².